The summed E-state index contributed by atoms with van der Waals surface area (Å²) in [7, 11) is 3.24. The summed E-state index contributed by atoms with van der Waals surface area (Å²) in [4.78, 5) is 12.3. The van der Waals surface area contributed by atoms with E-state index in [1.54, 1.807) is 26.4 Å². The normalized spacial score (nSPS) is 14.5. The maximum absolute atomic E-state index is 12.3. The molecule has 1 aliphatic carbocycles. The number of rotatable bonds is 6. The lowest BCUT2D eigenvalue weighted by molar-refractivity contribution is 0.251. The van der Waals surface area contributed by atoms with Crippen molar-refractivity contribution in [3.05, 3.63) is 52.5 Å². The average Bonchev–Trinajstić information content (AvgIpc) is 3.43. The molecule has 1 fully saturated rings. The number of amides is 2. The smallest absolute Gasteiger partial charge is 0.319 e. The van der Waals surface area contributed by atoms with Crippen molar-refractivity contribution < 1.29 is 14.3 Å². The summed E-state index contributed by atoms with van der Waals surface area (Å²) in [6, 6.07) is 11.1. The summed E-state index contributed by atoms with van der Waals surface area (Å²) in [5, 5.41) is 6.44. The van der Waals surface area contributed by atoms with Gasteiger partial charge in [0.25, 0.3) is 0 Å². The van der Waals surface area contributed by atoms with Gasteiger partial charge in [-0.3, -0.25) is 0 Å². The molecule has 2 aromatic rings. The van der Waals surface area contributed by atoms with Gasteiger partial charge in [0.1, 0.15) is 0 Å². The summed E-state index contributed by atoms with van der Waals surface area (Å²) < 4.78 is 10.7. The number of nitrogens with one attached hydrogen (secondary N) is 2. The van der Waals surface area contributed by atoms with Crippen LogP contribution in [0.15, 0.2) is 36.4 Å². The third-order valence-electron chi connectivity index (χ3n) is 4.88. The van der Waals surface area contributed by atoms with Gasteiger partial charge in [0.15, 0.2) is 11.5 Å². The van der Waals surface area contributed by atoms with Crippen LogP contribution in [0.1, 0.15) is 24.0 Å². The molecule has 1 saturated carbocycles. The van der Waals surface area contributed by atoms with E-state index in [9.17, 15) is 4.79 Å². The Labute approximate surface area is 158 Å². The van der Waals surface area contributed by atoms with Gasteiger partial charge in [-0.2, -0.15) is 0 Å². The highest BCUT2D eigenvalue weighted by molar-refractivity contribution is 6.31. The first-order valence-corrected chi connectivity index (χ1v) is 8.89. The number of halogens is 1. The number of benzene rings is 2. The molecule has 0 aliphatic heterocycles. The zero-order valence-electron chi connectivity index (χ0n) is 15.2. The Hall–Kier alpha value is -2.40. The second-order valence-electron chi connectivity index (χ2n) is 6.62. The third kappa shape index (κ3) is 3.88. The molecule has 1 aliphatic rings. The van der Waals surface area contributed by atoms with Crippen molar-refractivity contribution in [2.24, 2.45) is 0 Å². The molecule has 3 rings (SSSR count). The number of hydrogen-bond acceptors (Lipinski definition) is 3. The summed E-state index contributed by atoms with van der Waals surface area (Å²) >= 11 is 6.00. The number of methoxy groups -OCH3 is 2. The zero-order valence-corrected chi connectivity index (χ0v) is 15.9. The lowest BCUT2D eigenvalue weighted by Gasteiger charge is -2.19. The minimum atomic E-state index is -0.234. The largest absolute Gasteiger partial charge is 0.493 e. The first-order chi connectivity index (χ1) is 12.5. The molecule has 0 heterocycles. The van der Waals surface area contributed by atoms with E-state index in [2.05, 4.69) is 10.6 Å². The van der Waals surface area contributed by atoms with Crippen LogP contribution in [0.4, 0.5) is 10.5 Å². The SMILES string of the molecule is COc1ccc(C2(CNC(=O)Nc3cc(Cl)ccc3C)CC2)cc1OC. The Morgan fingerprint density at radius 1 is 1.12 bits per heavy atom. The second kappa shape index (κ2) is 7.46. The Balaban J connectivity index is 1.65. The Bertz CT molecular complexity index is 819. The monoisotopic (exact) mass is 374 g/mol. The van der Waals surface area contributed by atoms with E-state index in [1.165, 1.54) is 0 Å². The van der Waals surface area contributed by atoms with Crippen molar-refractivity contribution in [2.75, 3.05) is 26.1 Å². The van der Waals surface area contributed by atoms with Crippen LogP contribution in [0.5, 0.6) is 11.5 Å². The standard InChI is InChI=1S/C20H23ClN2O3/c1-13-4-6-15(21)11-16(13)23-19(24)22-12-20(8-9-20)14-5-7-17(25-2)18(10-14)26-3/h4-7,10-11H,8-9,12H2,1-3H3,(H2,22,23,24). The second-order valence-corrected chi connectivity index (χ2v) is 7.05. The van der Waals surface area contributed by atoms with E-state index in [0.717, 1.165) is 24.0 Å². The summed E-state index contributed by atoms with van der Waals surface area (Å²) in [6.07, 6.45) is 2.05. The molecule has 0 saturated heterocycles. The summed E-state index contributed by atoms with van der Waals surface area (Å²) in [6.45, 7) is 2.49. The first-order valence-electron chi connectivity index (χ1n) is 8.51. The number of carbonyl (C=O) groups is 1. The fourth-order valence-electron chi connectivity index (χ4n) is 3.03. The van der Waals surface area contributed by atoms with Crippen LogP contribution >= 0.6 is 11.6 Å². The molecule has 26 heavy (non-hydrogen) atoms. The van der Waals surface area contributed by atoms with Gasteiger partial charge >= 0.3 is 6.03 Å². The van der Waals surface area contributed by atoms with Gasteiger partial charge in [-0.25, -0.2) is 4.79 Å². The van der Waals surface area contributed by atoms with Crippen LogP contribution in [-0.4, -0.2) is 26.8 Å². The van der Waals surface area contributed by atoms with E-state index in [0.29, 0.717) is 28.8 Å². The molecule has 0 radical (unpaired) electrons. The molecule has 138 valence electrons. The lowest BCUT2D eigenvalue weighted by Crippen LogP contribution is -2.35. The van der Waals surface area contributed by atoms with Crippen LogP contribution in [-0.2, 0) is 5.41 Å². The van der Waals surface area contributed by atoms with Gasteiger partial charge in [0, 0.05) is 22.7 Å². The minimum absolute atomic E-state index is 0.0414. The van der Waals surface area contributed by atoms with Crippen molar-refractivity contribution in [1.29, 1.82) is 0 Å². The fraction of sp³-hybridized carbons (Fsp3) is 0.350. The number of hydrogen-bond donors (Lipinski definition) is 2. The van der Waals surface area contributed by atoms with E-state index in [4.69, 9.17) is 21.1 Å². The molecular weight excluding hydrogens is 352 g/mol. The topological polar surface area (TPSA) is 59.6 Å². The number of ether oxygens (including phenoxy) is 2. The van der Waals surface area contributed by atoms with Gasteiger partial charge < -0.3 is 20.1 Å². The van der Waals surface area contributed by atoms with E-state index in [-0.39, 0.29) is 11.4 Å². The number of anilines is 1. The van der Waals surface area contributed by atoms with Gasteiger partial charge in [0.2, 0.25) is 0 Å². The maximum atomic E-state index is 12.3. The quantitative estimate of drug-likeness (QED) is 0.781. The molecule has 2 aromatic carbocycles. The van der Waals surface area contributed by atoms with Gasteiger partial charge in [-0.05, 0) is 55.2 Å². The average molecular weight is 375 g/mol. The van der Waals surface area contributed by atoms with Crippen molar-refractivity contribution in [1.82, 2.24) is 5.32 Å². The number of urea groups is 1. The Kier molecular flexibility index (Phi) is 5.28. The fourth-order valence-corrected chi connectivity index (χ4v) is 3.20. The first kappa shape index (κ1) is 18.4. The van der Waals surface area contributed by atoms with Crippen LogP contribution in [0.2, 0.25) is 5.02 Å². The lowest BCUT2D eigenvalue weighted by atomic mass is 9.95. The van der Waals surface area contributed by atoms with Crippen molar-refractivity contribution in [3.63, 3.8) is 0 Å². The number of carbonyl (C=O) groups excluding carboxylic acids is 1. The van der Waals surface area contributed by atoms with Crippen LogP contribution in [0.3, 0.4) is 0 Å². The summed E-state index contributed by atoms with van der Waals surface area (Å²) in [5.41, 5.74) is 2.78. The maximum Gasteiger partial charge on any atom is 0.319 e. The molecule has 2 amide bonds. The molecule has 0 aromatic heterocycles. The van der Waals surface area contributed by atoms with E-state index in [1.807, 2.05) is 31.2 Å². The predicted octanol–water partition coefficient (Wildman–Crippen LogP) is 4.52. The number of aryl methyl sites for hydroxylation is 1. The highest BCUT2D eigenvalue weighted by atomic mass is 35.5. The molecule has 0 unspecified atom stereocenters. The van der Waals surface area contributed by atoms with Gasteiger partial charge in [-0.1, -0.05) is 23.7 Å². The molecule has 5 nitrogen and oxygen atoms in total. The molecule has 0 bridgehead atoms. The Morgan fingerprint density at radius 3 is 2.50 bits per heavy atom. The highest BCUT2D eigenvalue weighted by Crippen LogP contribution is 2.49. The molecular formula is C20H23ClN2O3. The van der Waals surface area contributed by atoms with Crippen LogP contribution in [0, 0.1) is 6.92 Å². The molecule has 6 heteroatoms. The van der Waals surface area contributed by atoms with Crippen molar-refractivity contribution in [3.8, 4) is 11.5 Å². The van der Waals surface area contributed by atoms with Crippen molar-refractivity contribution >= 4 is 23.3 Å². The molecule has 0 spiro atoms. The predicted molar refractivity (Wildman–Crippen MR) is 104 cm³/mol. The van der Waals surface area contributed by atoms with Gasteiger partial charge in [-0.15, -0.1) is 0 Å². The van der Waals surface area contributed by atoms with E-state index >= 15 is 0 Å². The van der Waals surface area contributed by atoms with Crippen LogP contribution < -0.4 is 20.1 Å². The van der Waals surface area contributed by atoms with Crippen LogP contribution in [0.25, 0.3) is 0 Å². The molecule has 0 atom stereocenters. The highest BCUT2D eigenvalue weighted by Gasteiger charge is 2.44. The molecule has 2 N–H and O–H groups in total. The summed E-state index contributed by atoms with van der Waals surface area (Å²) in [5.74, 6) is 1.41. The van der Waals surface area contributed by atoms with Gasteiger partial charge in [0.05, 0.1) is 14.2 Å². The third-order valence-corrected chi connectivity index (χ3v) is 5.12. The van der Waals surface area contributed by atoms with E-state index < -0.39 is 0 Å². The Morgan fingerprint density at radius 2 is 1.85 bits per heavy atom. The van der Waals surface area contributed by atoms with Crippen molar-refractivity contribution in [2.45, 2.75) is 25.2 Å². The minimum Gasteiger partial charge on any atom is -0.493 e. The zero-order chi connectivity index (χ0) is 18.7.